The summed E-state index contributed by atoms with van der Waals surface area (Å²) in [6, 6.07) is 14.4. The molecule has 4 rings (SSSR count). The number of carbonyl (C=O) groups is 1. The fraction of sp³-hybridized carbons (Fsp3) is 0.0556. The Hall–Kier alpha value is -3.06. The van der Waals surface area contributed by atoms with Gasteiger partial charge in [0.15, 0.2) is 5.82 Å². The zero-order valence-corrected chi connectivity index (χ0v) is 13.8. The summed E-state index contributed by atoms with van der Waals surface area (Å²) in [5, 5.41) is 12.3. The lowest BCUT2D eigenvalue weighted by atomic mass is 10.2. The second kappa shape index (κ2) is 6.45. The van der Waals surface area contributed by atoms with E-state index >= 15 is 0 Å². The number of aromatic amines is 1. The van der Waals surface area contributed by atoms with Gasteiger partial charge in [-0.25, -0.2) is 9.37 Å². The van der Waals surface area contributed by atoms with Gasteiger partial charge in [-0.1, -0.05) is 36.4 Å². The summed E-state index contributed by atoms with van der Waals surface area (Å²) in [4.78, 5) is 16.7. The fourth-order valence-corrected chi connectivity index (χ4v) is 3.39. The highest BCUT2D eigenvalue weighted by molar-refractivity contribution is 7.13. The normalized spacial score (nSPS) is 10.9. The van der Waals surface area contributed by atoms with E-state index in [-0.39, 0.29) is 23.5 Å². The summed E-state index contributed by atoms with van der Waals surface area (Å²) in [7, 11) is 0. The molecule has 0 radical (unpaired) electrons. The van der Waals surface area contributed by atoms with Gasteiger partial charge in [-0.2, -0.15) is 5.10 Å². The number of hydrogen-bond donors (Lipinski definition) is 2. The number of carbonyl (C=O) groups excluding carboxylic acids is 1. The van der Waals surface area contributed by atoms with Crippen molar-refractivity contribution < 1.29 is 9.18 Å². The minimum Gasteiger partial charge on any atom is -0.308 e. The molecule has 0 saturated carbocycles. The van der Waals surface area contributed by atoms with Crippen molar-refractivity contribution in [3.05, 3.63) is 65.4 Å². The summed E-state index contributed by atoms with van der Waals surface area (Å²) in [5.41, 5.74) is 2.22. The number of nitrogens with one attached hydrogen (secondary N) is 2. The molecule has 0 fully saturated rings. The maximum Gasteiger partial charge on any atom is 0.231 e. The Morgan fingerprint density at radius 1 is 1.16 bits per heavy atom. The highest BCUT2D eigenvalue weighted by Crippen LogP contribution is 2.25. The van der Waals surface area contributed by atoms with E-state index in [1.54, 1.807) is 12.1 Å². The molecule has 1 amide bonds. The largest absolute Gasteiger partial charge is 0.308 e. The monoisotopic (exact) mass is 352 g/mol. The molecule has 0 aliphatic carbocycles. The maximum atomic E-state index is 13.9. The zero-order chi connectivity index (χ0) is 17.2. The highest BCUT2D eigenvalue weighted by Gasteiger charge is 2.14. The van der Waals surface area contributed by atoms with E-state index < -0.39 is 5.82 Å². The molecule has 0 atom stereocenters. The molecule has 0 unspecified atom stereocenters. The average Bonchev–Trinajstić information content (AvgIpc) is 3.24. The second-order valence-corrected chi connectivity index (χ2v) is 6.33. The molecule has 0 aliphatic rings. The van der Waals surface area contributed by atoms with Crippen molar-refractivity contribution in [2.75, 3.05) is 5.32 Å². The molecule has 0 spiro atoms. The topological polar surface area (TPSA) is 70.7 Å². The summed E-state index contributed by atoms with van der Waals surface area (Å²) in [6.45, 7) is 0. The van der Waals surface area contributed by atoms with Crippen LogP contribution in [0.3, 0.4) is 0 Å². The van der Waals surface area contributed by atoms with Crippen molar-refractivity contribution in [3.8, 4) is 10.6 Å². The molecular formula is C18H13FN4OS. The van der Waals surface area contributed by atoms with Gasteiger partial charge < -0.3 is 5.32 Å². The molecule has 25 heavy (non-hydrogen) atoms. The van der Waals surface area contributed by atoms with Gasteiger partial charge in [-0.05, 0) is 12.1 Å². The number of rotatable bonds is 4. The van der Waals surface area contributed by atoms with Crippen LogP contribution in [0.2, 0.25) is 0 Å². The van der Waals surface area contributed by atoms with E-state index in [1.165, 1.54) is 17.4 Å². The Balaban J connectivity index is 1.50. The van der Waals surface area contributed by atoms with Crippen molar-refractivity contribution in [3.63, 3.8) is 0 Å². The van der Waals surface area contributed by atoms with Gasteiger partial charge in [0.05, 0.1) is 23.0 Å². The molecule has 124 valence electrons. The number of halogens is 1. The van der Waals surface area contributed by atoms with Crippen LogP contribution in [0.5, 0.6) is 0 Å². The Morgan fingerprint density at radius 3 is 2.84 bits per heavy atom. The van der Waals surface area contributed by atoms with Crippen molar-refractivity contribution in [2.24, 2.45) is 0 Å². The van der Waals surface area contributed by atoms with Gasteiger partial charge in [0.25, 0.3) is 0 Å². The first-order valence-corrected chi connectivity index (χ1v) is 8.51. The van der Waals surface area contributed by atoms with Crippen LogP contribution in [0.25, 0.3) is 21.5 Å². The quantitative estimate of drug-likeness (QED) is 0.583. The van der Waals surface area contributed by atoms with Crippen molar-refractivity contribution in [1.29, 1.82) is 0 Å². The third-order valence-electron chi connectivity index (χ3n) is 3.71. The number of benzene rings is 2. The molecule has 0 bridgehead atoms. The predicted molar refractivity (Wildman–Crippen MR) is 95.9 cm³/mol. The molecule has 2 aromatic carbocycles. The van der Waals surface area contributed by atoms with E-state index in [2.05, 4.69) is 20.5 Å². The van der Waals surface area contributed by atoms with E-state index in [0.29, 0.717) is 11.2 Å². The van der Waals surface area contributed by atoms with Crippen LogP contribution >= 0.6 is 11.3 Å². The molecule has 2 heterocycles. The third kappa shape index (κ3) is 3.14. The van der Waals surface area contributed by atoms with Gasteiger partial charge in [0, 0.05) is 10.9 Å². The Kier molecular flexibility index (Phi) is 3.99. The summed E-state index contributed by atoms with van der Waals surface area (Å²) in [6.07, 6.45) is 0.103. The van der Waals surface area contributed by atoms with Crippen LogP contribution in [-0.2, 0) is 11.2 Å². The number of amides is 1. The number of nitrogens with zero attached hydrogens (tertiary/aromatic N) is 2. The first-order chi connectivity index (χ1) is 12.2. The van der Waals surface area contributed by atoms with E-state index in [1.807, 2.05) is 35.7 Å². The number of hydrogen-bond acceptors (Lipinski definition) is 4. The molecule has 2 aromatic heterocycles. The van der Waals surface area contributed by atoms with Gasteiger partial charge in [0.1, 0.15) is 10.8 Å². The fourth-order valence-electron chi connectivity index (χ4n) is 2.56. The lowest BCUT2D eigenvalue weighted by Crippen LogP contribution is -2.15. The lowest BCUT2D eigenvalue weighted by Gasteiger charge is -2.01. The van der Waals surface area contributed by atoms with Gasteiger partial charge in [-0.3, -0.25) is 9.89 Å². The molecular weight excluding hydrogens is 339 g/mol. The Bertz CT molecular complexity index is 1040. The van der Waals surface area contributed by atoms with Crippen LogP contribution in [0.4, 0.5) is 10.2 Å². The SMILES string of the molecule is O=C(Cc1csc(-c2ccccc2)n1)Nc1n[nH]c2cccc(F)c12. The number of fused-ring (bicyclic) bond motifs is 1. The standard InChI is InChI=1S/C18H13FN4OS/c19-13-7-4-8-14-16(13)17(23-22-14)21-15(24)9-12-10-25-18(20-12)11-5-2-1-3-6-11/h1-8,10H,9H2,(H2,21,22,23,24). The van der Waals surface area contributed by atoms with Crippen molar-refractivity contribution >= 4 is 34.0 Å². The van der Waals surface area contributed by atoms with Crippen molar-refractivity contribution in [1.82, 2.24) is 15.2 Å². The van der Waals surface area contributed by atoms with Crippen LogP contribution in [0.15, 0.2) is 53.9 Å². The third-order valence-corrected chi connectivity index (χ3v) is 4.65. The van der Waals surface area contributed by atoms with Crippen LogP contribution in [0, 0.1) is 5.82 Å². The smallest absolute Gasteiger partial charge is 0.231 e. The number of H-pyrrole nitrogens is 1. The summed E-state index contributed by atoms with van der Waals surface area (Å²) >= 11 is 1.48. The van der Waals surface area contributed by atoms with Gasteiger partial charge in [0.2, 0.25) is 5.91 Å². The number of anilines is 1. The van der Waals surface area contributed by atoms with Crippen LogP contribution in [0.1, 0.15) is 5.69 Å². The second-order valence-electron chi connectivity index (χ2n) is 5.47. The molecule has 0 aliphatic heterocycles. The van der Waals surface area contributed by atoms with Gasteiger partial charge >= 0.3 is 0 Å². The molecule has 4 aromatic rings. The summed E-state index contributed by atoms with van der Waals surface area (Å²) in [5.74, 6) is -0.528. The average molecular weight is 352 g/mol. The zero-order valence-electron chi connectivity index (χ0n) is 13.0. The molecule has 5 nitrogen and oxygen atoms in total. The minimum absolute atomic E-state index is 0.103. The Morgan fingerprint density at radius 2 is 2.00 bits per heavy atom. The number of aromatic nitrogens is 3. The highest BCUT2D eigenvalue weighted by atomic mass is 32.1. The van der Waals surface area contributed by atoms with E-state index in [0.717, 1.165) is 10.6 Å². The predicted octanol–water partition coefficient (Wildman–Crippen LogP) is 4.01. The molecule has 7 heteroatoms. The molecule has 2 N–H and O–H groups in total. The van der Waals surface area contributed by atoms with E-state index in [9.17, 15) is 9.18 Å². The van der Waals surface area contributed by atoms with Crippen LogP contribution in [-0.4, -0.2) is 21.1 Å². The first kappa shape index (κ1) is 15.5. The minimum atomic E-state index is -0.429. The van der Waals surface area contributed by atoms with E-state index in [4.69, 9.17) is 0 Å². The summed E-state index contributed by atoms with van der Waals surface area (Å²) < 4.78 is 13.9. The molecule has 0 saturated heterocycles. The lowest BCUT2D eigenvalue weighted by molar-refractivity contribution is -0.115. The Labute approximate surface area is 146 Å². The van der Waals surface area contributed by atoms with Crippen LogP contribution < -0.4 is 5.32 Å². The van der Waals surface area contributed by atoms with Gasteiger partial charge in [-0.15, -0.1) is 11.3 Å². The maximum absolute atomic E-state index is 13.9. The van der Waals surface area contributed by atoms with Crippen molar-refractivity contribution in [2.45, 2.75) is 6.42 Å². The number of thiazole rings is 1. The first-order valence-electron chi connectivity index (χ1n) is 7.63.